The van der Waals surface area contributed by atoms with Gasteiger partial charge in [0, 0.05) is 13.5 Å². The number of methoxy groups -OCH3 is 2. The van der Waals surface area contributed by atoms with Crippen molar-refractivity contribution in [1.29, 1.82) is 0 Å². The van der Waals surface area contributed by atoms with Crippen LogP contribution >= 0.6 is 6.89 Å². The Morgan fingerprint density at radius 2 is 1.16 bits per heavy atom. The monoisotopic (exact) mass is 434 g/mol. The van der Waals surface area contributed by atoms with Crippen molar-refractivity contribution in [3.63, 3.8) is 0 Å². The first kappa shape index (κ1) is 22.7. The lowest BCUT2D eigenvalue weighted by atomic mass is 10.1. The van der Waals surface area contributed by atoms with Crippen molar-refractivity contribution < 1.29 is 19.1 Å². The molecule has 0 fully saturated rings. The van der Waals surface area contributed by atoms with Crippen molar-refractivity contribution in [2.75, 3.05) is 14.2 Å². The molecule has 0 aromatic heterocycles. The Kier molecular flexibility index (Phi) is 8.00. The van der Waals surface area contributed by atoms with Crippen LogP contribution in [0, 0.1) is 0 Å². The number of Topliss-reactive ketones (excluding diaryl/α,β-unsaturated/α-hetero) is 1. The molecule has 0 unspecified atom stereocenters. The number of ketones is 1. The number of carbonyl (C=O) groups is 2. The molecule has 0 aliphatic carbocycles. The van der Waals surface area contributed by atoms with Crippen molar-refractivity contribution in [1.82, 2.24) is 0 Å². The largest absolute Gasteiger partial charge is 0.469 e. The van der Waals surface area contributed by atoms with Crippen molar-refractivity contribution in [2.24, 2.45) is 0 Å². The smallest absolute Gasteiger partial charge is 0.308 e. The highest BCUT2D eigenvalue weighted by atomic mass is 31.2. The molecule has 0 amide bonds. The Bertz CT molecular complexity index is 943. The SMILES string of the molecule is COC(=O)C[C@@H](CC(=O)C=P(c1ccccc1)(c1ccccc1)c1ccccc1)OC. The molecule has 3 aromatic rings. The fourth-order valence-electron chi connectivity index (χ4n) is 3.66. The van der Waals surface area contributed by atoms with Gasteiger partial charge in [0.05, 0.1) is 19.6 Å². The normalized spacial score (nSPS) is 12.1. The van der Waals surface area contributed by atoms with Gasteiger partial charge in [-0.2, -0.15) is 0 Å². The summed E-state index contributed by atoms with van der Waals surface area (Å²) in [6, 6.07) is 30.5. The fourth-order valence-corrected chi connectivity index (χ4v) is 7.47. The van der Waals surface area contributed by atoms with E-state index in [9.17, 15) is 9.59 Å². The van der Waals surface area contributed by atoms with Crippen LogP contribution in [0.1, 0.15) is 12.8 Å². The second-order valence-electron chi connectivity index (χ2n) is 7.17. The average Bonchev–Trinajstić information content (AvgIpc) is 2.83. The van der Waals surface area contributed by atoms with Crippen LogP contribution in [0.25, 0.3) is 0 Å². The van der Waals surface area contributed by atoms with Gasteiger partial charge in [-0.25, -0.2) is 0 Å². The van der Waals surface area contributed by atoms with Crippen LogP contribution in [0.15, 0.2) is 91.0 Å². The summed E-state index contributed by atoms with van der Waals surface area (Å²) in [5, 5.41) is 3.30. The third-order valence-corrected chi connectivity index (χ3v) is 9.23. The molecule has 160 valence electrons. The molecular formula is C26H27O4P. The minimum absolute atomic E-state index is 0.0417. The molecule has 0 bridgehead atoms. The van der Waals surface area contributed by atoms with Crippen molar-refractivity contribution in [3.8, 4) is 0 Å². The van der Waals surface area contributed by atoms with Crippen LogP contribution in [-0.4, -0.2) is 37.9 Å². The van der Waals surface area contributed by atoms with Gasteiger partial charge < -0.3 is 9.47 Å². The molecule has 0 heterocycles. The Labute approximate surface area is 183 Å². The molecule has 4 nitrogen and oxygen atoms in total. The first-order chi connectivity index (χ1) is 15.1. The third-order valence-electron chi connectivity index (χ3n) is 5.21. The molecule has 0 N–H and O–H groups in total. The van der Waals surface area contributed by atoms with Gasteiger partial charge in [-0.15, -0.1) is 0 Å². The third kappa shape index (κ3) is 5.41. The number of esters is 1. The second kappa shape index (κ2) is 10.9. The van der Waals surface area contributed by atoms with E-state index in [1.54, 1.807) is 0 Å². The van der Waals surface area contributed by atoms with E-state index in [0.717, 1.165) is 15.9 Å². The number of hydrogen-bond acceptors (Lipinski definition) is 4. The zero-order valence-corrected chi connectivity index (χ0v) is 18.7. The predicted octanol–water partition coefficient (Wildman–Crippen LogP) is 3.32. The standard InChI is InChI=1S/C26H27O4P/c1-29-22(19-26(28)30-2)18-21(27)20-31(23-12-6-3-7-13-23,24-14-8-4-9-15-24)25-16-10-5-11-17-25/h3-17,20,22H,18-19H2,1-2H3/t22-/m1/s1. The van der Waals surface area contributed by atoms with Crippen molar-refractivity contribution in [3.05, 3.63) is 91.0 Å². The molecule has 0 saturated heterocycles. The average molecular weight is 434 g/mol. The van der Waals surface area contributed by atoms with Crippen LogP contribution in [0.3, 0.4) is 0 Å². The fraction of sp³-hybridized carbons (Fsp3) is 0.192. The van der Waals surface area contributed by atoms with Gasteiger partial charge in [0.15, 0.2) is 5.78 Å². The predicted molar refractivity (Wildman–Crippen MR) is 128 cm³/mol. The molecule has 1 atom stereocenters. The van der Waals surface area contributed by atoms with E-state index in [2.05, 4.69) is 36.4 Å². The zero-order chi connectivity index (χ0) is 22.1. The summed E-state index contributed by atoms with van der Waals surface area (Å²) in [5.74, 6) is 1.42. The summed E-state index contributed by atoms with van der Waals surface area (Å²) < 4.78 is 10.1. The summed E-state index contributed by atoms with van der Waals surface area (Å²) in [7, 11) is 2.84. The summed E-state index contributed by atoms with van der Waals surface area (Å²) in [5.41, 5.74) is 0. The van der Waals surface area contributed by atoms with E-state index < -0.39 is 19.0 Å². The Morgan fingerprint density at radius 3 is 1.52 bits per heavy atom. The molecule has 0 aliphatic heterocycles. The quantitative estimate of drug-likeness (QED) is 0.383. The van der Waals surface area contributed by atoms with E-state index >= 15 is 0 Å². The lowest BCUT2D eigenvalue weighted by Crippen LogP contribution is -2.29. The highest BCUT2D eigenvalue weighted by molar-refractivity contribution is 7.95. The van der Waals surface area contributed by atoms with Gasteiger partial charge in [0.25, 0.3) is 0 Å². The number of carbonyl (C=O) groups excluding carboxylic acids is 2. The van der Waals surface area contributed by atoms with Gasteiger partial charge in [0.2, 0.25) is 0 Å². The van der Waals surface area contributed by atoms with E-state index in [1.807, 2.05) is 60.4 Å². The number of hydrogen-bond donors (Lipinski definition) is 0. The number of benzene rings is 3. The first-order valence-electron chi connectivity index (χ1n) is 10.1. The minimum Gasteiger partial charge on any atom is -0.469 e. The number of rotatable bonds is 9. The van der Waals surface area contributed by atoms with Crippen LogP contribution < -0.4 is 15.9 Å². The Balaban J connectivity index is 2.18. The Morgan fingerprint density at radius 1 is 0.742 bits per heavy atom. The maximum Gasteiger partial charge on any atom is 0.308 e. The van der Waals surface area contributed by atoms with E-state index in [0.29, 0.717) is 0 Å². The molecule has 0 aliphatic rings. The molecular weight excluding hydrogens is 407 g/mol. The molecule has 31 heavy (non-hydrogen) atoms. The number of ether oxygens (including phenoxy) is 2. The summed E-state index contributed by atoms with van der Waals surface area (Å²) in [4.78, 5) is 25.1. The maximum absolute atomic E-state index is 13.4. The van der Waals surface area contributed by atoms with E-state index in [4.69, 9.17) is 9.47 Å². The van der Waals surface area contributed by atoms with Gasteiger partial charge in [-0.3, -0.25) is 9.59 Å². The minimum atomic E-state index is -2.36. The van der Waals surface area contributed by atoms with Gasteiger partial charge in [-0.05, 0) is 28.6 Å². The molecule has 5 heteroatoms. The molecule has 3 aromatic carbocycles. The second-order valence-corrected chi connectivity index (χ2v) is 10.4. The van der Waals surface area contributed by atoms with Crippen LogP contribution in [-0.2, 0) is 19.1 Å². The molecule has 0 saturated carbocycles. The van der Waals surface area contributed by atoms with Gasteiger partial charge in [-0.1, -0.05) is 91.0 Å². The molecule has 0 spiro atoms. The zero-order valence-electron chi connectivity index (χ0n) is 17.8. The summed E-state index contributed by atoms with van der Waals surface area (Å²) in [6.45, 7) is -2.36. The lowest BCUT2D eigenvalue weighted by molar-refractivity contribution is -0.143. The van der Waals surface area contributed by atoms with Crippen molar-refractivity contribution in [2.45, 2.75) is 18.9 Å². The van der Waals surface area contributed by atoms with Gasteiger partial charge >= 0.3 is 5.97 Å². The summed E-state index contributed by atoms with van der Waals surface area (Å²) in [6.07, 6.45) is -0.375. The van der Waals surface area contributed by atoms with Crippen LogP contribution in [0.2, 0.25) is 0 Å². The van der Waals surface area contributed by atoms with E-state index in [1.165, 1.54) is 14.2 Å². The molecule has 3 rings (SSSR count). The first-order valence-corrected chi connectivity index (χ1v) is 12.0. The maximum atomic E-state index is 13.4. The lowest BCUT2D eigenvalue weighted by Gasteiger charge is -2.28. The highest BCUT2D eigenvalue weighted by Gasteiger charge is 2.27. The summed E-state index contributed by atoms with van der Waals surface area (Å²) >= 11 is 0. The van der Waals surface area contributed by atoms with Gasteiger partial charge in [0.1, 0.15) is 0 Å². The van der Waals surface area contributed by atoms with Crippen LogP contribution in [0.5, 0.6) is 0 Å². The van der Waals surface area contributed by atoms with Crippen molar-refractivity contribution >= 4 is 40.3 Å². The topological polar surface area (TPSA) is 52.6 Å². The molecule has 0 radical (unpaired) electrons. The van der Waals surface area contributed by atoms with E-state index in [-0.39, 0.29) is 18.6 Å². The Hall–Kier alpha value is -2.94. The van der Waals surface area contributed by atoms with Crippen LogP contribution in [0.4, 0.5) is 0 Å². The highest BCUT2D eigenvalue weighted by Crippen LogP contribution is 2.43.